The minimum absolute atomic E-state index is 0.325. The maximum atomic E-state index is 13.9. The molecule has 3 N–H and O–H groups in total. The van der Waals surface area contributed by atoms with Crippen molar-refractivity contribution >= 4 is 22.1 Å². The Morgan fingerprint density at radius 2 is 1.62 bits per heavy atom. The van der Waals surface area contributed by atoms with E-state index in [2.05, 4.69) is 53.6 Å². The first-order valence-electron chi connectivity index (χ1n) is 12.9. The van der Waals surface area contributed by atoms with Gasteiger partial charge in [-0.2, -0.15) is 5.10 Å². The van der Waals surface area contributed by atoms with Crippen LogP contribution in [0.15, 0.2) is 97.6 Å². The predicted molar refractivity (Wildman–Crippen MR) is 152 cm³/mol. The molecule has 0 bridgehead atoms. The van der Waals surface area contributed by atoms with E-state index >= 15 is 0 Å². The highest BCUT2D eigenvalue weighted by Gasteiger charge is 2.17. The molecule has 0 aliphatic heterocycles. The first-order valence-corrected chi connectivity index (χ1v) is 12.9. The summed E-state index contributed by atoms with van der Waals surface area (Å²) in [5, 5.41) is 11.8. The summed E-state index contributed by atoms with van der Waals surface area (Å²) < 4.78 is 13.9. The van der Waals surface area contributed by atoms with Crippen molar-refractivity contribution < 1.29 is 4.39 Å². The quantitative estimate of drug-likeness (QED) is 0.233. The van der Waals surface area contributed by atoms with E-state index in [1.54, 1.807) is 12.3 Å². The first kappa shape index (κ1) is 23.8. The van der Waals surface area contributed by atoms with Gasteiger partial charge in [-0.1, -0.05) is 42.5 Å². The third-order valence-corrected chi connectivity index (χ3v) is 6.77. The molecule has 5 heterocycles. The van der Waals surface area contributed by atoms with Gasteiger partial charge in [0.2, 0.25) is 0 Å². The number of hydrogen-bond acceptors (Lipinski definition) is 6. The number of imidazole rings is 1. The number of aromatic nitrogens is 7. The summed E-state index contributed by atoms with van der Waals surface area (Å²) in [6.07, 6.45) is 7.20. The zero-order chi connectivity index (χ0) is 26.9. The van der Waals surface area contributed by atoms with E-state index < -0.39 is 0 Å². The summed E-state index contributed by atoms with van der Waals surface area (Å²) in [5.41, 5.74) is 8.16. The topological polar surface area (TPSA) is 108 Å². The van der Waals surface area contributed by atoms with Gasteiger partial charge in [0.05, 0.1) is 16.6 Å². The second kappa shape index (κ2) is 10.1. The summed E-state index contributed by atoms with van der Waals surface area (Å²) in [4.78, 5) is 21.7. The lowest BCUT2D eigenvalue weighted by Gasteiger charge is -2.07. The van der Waals surface area contributed by atoms with Crippen molar-refractivity contribution in [2.45, 2.75) is 13.1 Å². The Morgan fingerprint density at radius 3 is 2.52 bits per heavy atom. The number of aromatic amines is 2. The van der Waals surface area contributed by atoms with Crippen molar-refractivity contribution in [3.05, 3.63) is 115 Å². The lowest BCUT2D eigenvalue weighted by molar-refractivity contribution is 0.628. The number of benzene rings is 2. The zero-order valence-electron chi connectivity index (χ0n) is 21.3. The molecule has 0 unspecified atom stereocenters. The van der Waals surface area contributed by atoms with Crippen LogP contribution in [0.3, 0.4) is 0 Å². The largest absolute Gasteiger partial charge is 0.336 e. The van der Waals surface area contributed by atoms with Gasteiger partial charge in [0, 0.05) is 54.6 Å². The average Bonchev–Trinajstić information content (AvgIpc) is 3.62. The van der Waals surface area contributed by atoms with Gasteiger partial charge >= 0.3 is 0 Å². The van der Waals surface area contributed by atoms with Crippen LogP contribution in [0.5, 0.6) is 0 Å². The minimum atomic E-state index is -0.325. The number of nitrogens with one attached hydrogen (secondary N) is 3. The maximum absolute atomic E-state index is 13.9. The number of halogens is 1. The second-order valence-electron chi connectivity index (χ2n) is 9.51. The van der Waals surface area contributed by atoms with Gasteiger partial charge in [-0.05, 0) is 41.5 Å². The molecule has 0 aliphatic carbocycles. The normalized spacial score (nSPS) is 11.4. The van der Waals surface area contributed by atoms with Gasteiger partial charge in [0.25, 0.3) is 0 Å². The molecule has 5 aromatic heterocycles. The summed E-state index contributed by atoms with van der Waals surface area (Å²) in [6, 6.07) is 22.6. The van der Waals surface area contributed by atoms with E-state index in [-0.39, 0.29) is 5.82 Å². The highest BCUT2D eigenvalue weighted by molar-refractivity contribution is 5.96. The fourth-order valence-electron chi connectivity index (χ4n) is 4.83. The number of pyridine rings is 3. The van der Waals surface area contributed by atoms with Crippen LogP contribution < -0.4 is 5.32 Å². The molecule has 0 radical (unpaired) electrons. The molecule has 2 aromatic carbocycles. The van der Waals surface area contributed by atoms with Crippen molar-refractivity contribution in [1.82, 2.24) is 40.4 Å². The van der Waals surface area contributed by atoms with Gasteiger partial charge in [0.1, 0.15) is 17.0 Å². The smallest absolute Gasteiger partial charge is 0.159 e. The Bertz CT molecular complexity index is 1960. The van der Waals surface area contributed by atoms with Crippen molar-refractivity contribution in [1.29, 1.82) is 0 Å². The SMILES string of the molecule is Fc1cccc(-c2nccc3[nH]c(-c4n[nH]c5ncc(-c6cncc(CNCc7ccccc7)c6)cc45)nc23)c1. The molecule has 8 nitrogen and oxygen atoms in total. The molecular formula is C31H23FN8. The van der Waals surface area contributed by atoms with Crippen LogP contribution in [-0.4, -0.2) is 35.1 Å². The Labute approximate surface area is 228 Å². The third-order valence-electron chi connectivity index (χ3n) is 6.77. The van der Waals surface area contributed by atoms with Crippen molar-refractivity contribution in [2.75, 3.05) is 0 Å². The number of hydrogen-bond donors (Lipinski definition) is 3. The van der Waals surface area contributed by atoms with E-state index in [0.29, 0.717) is 40.5 Å². The molecule has 7 aromatic rings. The molecule has 0 saturated carbocycles. The number of nitrogens with zero attached hydrogens (tertiary/aromatic N) is 5. The maximum Gasteiger partial charge on any atom is 0.159 e. The van der Waals surface area contributed by atoms with Gasteiger partial charge in [-0.25, -0.2) is 14.4 Å². The van der Waals surface area contributed by atoms with Crippen LogP contribution in [0.1, 0.15) is 11.1 Å². The van der Waals surface area contributed by atoms with Crippen LogP contribution in [0.2, 0.25) is 0 Å². The molecule has 9 heteroatoms. The molecule has 0 fully saturated rings. The fourth-order valence-corrected chi connectivity index (χ4v) is 4.83. The molecule has 0 saturated heterocycles. The molecule has 0 amide bonds. The summed E-state index contributed by atoms with van der Waals surface area (Å²) in [7, 11) is 0. The van der Waals surface area contributed by atoms with Crippen molar-refractivity contribution in [3.8, 4) is 33.9 Å². The lowest BCUT2D eigenvalue weighted by atomic mass is 10.1. The summed E-state index contributed by atoms with van der Waals surface area (Å²) in [6.45, 7) is 1.48. The molecule has 40 heavy (non-hydrogen) atoms. The van der Waals surface area contributed by atoms with E-state index in [9.17, 15) is 4.39 Å². The fraction of sp³-hybridized carbons (Fsp3) is 0.0645. The van der Waals surface area contributed by atoms with Crippen LogP contribution in [0.4, 0.5) is 4.39 Å². The molecule has 0 aliphatic rings. The third kappa shape index (κ3) is 4.59. The highest BCUT2D eigenvalue weighted by Crippen LogP contribution is 2.31. The molecule has 0 spiro atoms. The number of rotatable bonds is 7. The number of fused-ring (bicyclic) bond motifs is 2. The van der Waals surface area contributed by atoms with E-state index in [4.69, 9.17) is 4.98 Å². The summed E-state index contributed by atoms with van der Waals surface area (Å²) in [5.74, 6) is 0.248. The van der Waals surface area contributed by atoms with Gasteiger partial charge in [0.15, 0.2) is 11.5 Å². The molecule has 7 rings (SSSR count). The lowest BCUT2D eigenvalue weighted by Crippen LogP contribution is -2.12. The Kier molecular flexibility index (Phi) is 6.02. The van der Waals surface area contributed by atoms with Crippen molar-refractivity contribution in [3.63, 3.8) is 0 Å². The number of H-pyrrole nitrogens is 2. The molecular weight excluding hydrogens is 503 g/mol. The van der Waals surface area contributed by atoms with E-state index in [1.165, 1.54) is 17.7 Å². The minimum Gasteiger partial charge on any atom is -0.336 e. The van der Waals surface area contributed by atoms with E-state index in [0.717, 1.165) is 34.1 Å². The van der Waals surface area contributed by atoms with Gasteiger partial charge in [-0.15, -0.1) is 0 Å². The highest BCUT2D eigenvalue weighted by atomic mass is 19.1. The summed E-state index contributed by atoms with van der Waals surface area (Å²) >= 11 is 0. The Hall–Kier alpha value is -5.28. The molecule has 0 atom stereocenters. The zero-order valence-corrected chi connectivity index (χ0v) is 21.3. The Morgan fingerprint density at radius 1 is 0.750 bits per heavy atom. The van der Waals surface area contributed by atoms with Gasteiger partial charge in [-0.3, -0.25) is 15.1 Å². The van der Waals surface area contributed by atoms with Crippen LogP contribution in [0.25, 0.3) is 56.0 Å². The first-order chi connectivity index (χ1) is 19.7. The van der Waals surface area contributed by atoms with Crippen LogP contribution in [-0.2, 0) is 13.1 Å². The molecule has 194 valence electrons. The van der Waals surface area contributed by atoms with E-state index in [1.807, 2.05) is 55.0 Å². The van der Waals surface area contributed by atoms with Crippen molar-refractivity contribution in [2.24, 2.45) is 0 Å². The standard InChI is InChI=1S/C31H23FN8/c32-24-8-4-7-21(12-24)27-29-26(9-10-35-27)37-31(38-29)28-25-13-23(18-36-30(25)40-39-28)22-11-20(16-34-17-22)15-33-14-19-5-2-1-3-6-19/h1-13,16-18,33H,14-15H2,(H,37,38)(H,36,39,40). The Balaban J connectivity index is 1.20. The predicted octanol–water partition coefficient (Wildman–Crippen LogP) is 6.05. The van der Waals surface area contributed by atoms with Crippen LogP contribution in [0, 0.1) is 5.82 Å². The monoisotopic (exact) mass is 526 g/mol. The average molecular weight is 527 g/mol. The second-order valence-corrected chi connectivity index (χ2v) is 9.51. The van der Waals surface area contributed by atoms with Crippen LogP contribution >= 0.6 is 0 Å². The van der Waals surface area contributed by atoms with Gasteiger partial charge < -0.3 is 10.3 Å².